The van der Waals surface area contributed by atoms with Crippen LogP contribution in [0, 0.1) is 0 Å². The van der Waals surface area contributed by atoms with Crippen molar-refractivity contribution < 1.29 is 14.7 Å². The van der Waals surface area contributed by atoms with E-state index < -0.39 is 5.97 Å². The number of amides is 1. The molecule has 9 heteroatoms. The molecule has 1 aliphatic rings. The van der Waals surface area contributed by atoms with Gasteiger partial charge in [-0.1, -0.05) is 12.1 Å². The lowest BCUT2D eigenvalue weighted by Crippen LogP contribution is -2.07. The molecule has 1 amide bonds. The van der Waals surface area contributed by atoms with Crippen molar-refractivity contribution in [2.45, 2.75) is 25.8 Å². The van der Waals surface area contributed by atoms with E-state index in [1.807, 2.05) is 12.1 Å². The number of aromatic carboxylic acids is 1. The van der Waals surface area contributed by atoms with Crippen LogP contribution in [0.4, 0.5) is 23.1 Å². The fourth-order valence-electron chi connectivity index (χ4n) is 3.51. The van der Waals surface area contributed by atoms with Crippen LogP contribution in [0.25, 0.3) is 21.8 Å². The smallest absolute Gasteiger partial charge is 0.335 e. The molecule has 0 unspecified atom stereocenters. The van der Waals surface area contributed by atoms with Gasteiger partial charge in [-0.2, -0.15) is 0 Å². The molecule has 1 saturated carbocycles. The Hall–Kier alpha value is -4.27. The standard InChI is InChI=1S/C23H20N6O3/c1-12(30)25-15-3-2-4-16(10-15)27-23-24-11-18-17-8-5-13(22(31)32)9-19(17)28-21(20(18)29-23)26-14-6-7-14/h2-5,8-11,14H,6-7H2,1H3,(H,25,30)(H,26,28)(H,31,32)(H,24,27,29). The van der Waals surface area contributed by atoms with Crippen LogP contribution in [0.2, 0.25) is 0 Å². The van der Waals surface area contributed by atoms with E-state index in [1.54, 1.807) is 36.5 Å². The summed E-state index contributed by atoms with van der Waals surface area (Å²) in [4.78, 5) is 36.5. The van der Waals surface area contributed by atoms with Crippen molar-refractivity contribution in [2.24, 2.45) is 0 Å². The molecule has 0 radical (unpaired) electrons. The van der Waals surface area contributed by atoms with Crippen molar-refractivity contribution in [2.75, 3.05) is 16.0 Å². The molecule has 2 aromatic heterocycles. The third-order valence-corrected chi connectivity index (χ3v) is 5.14. The van der Waals surface area contributed by atoms with Crippen LogP contribution in [0.3, 0.4) is 0 Å². The molecule has 0 spiro atoms. The Kier molecular flexibility index (Phi) is 4.78. The molecule has 1 fully saturated rings. The molecule has 4 N–H and O–H groups in total. The summed E-state index contributed by atoms with van der Waals surface area (Å²) in [6, 6.07) is 12.5. The number of pyridine rings is 1. The van der Waals surface area contributed by atoms with Gasteiger partial charge in [-0.15, -0.1) is 0 Å². The Bertz CT molecular complexity index is 1380. The maximum absolute atomic E-state index is 11.4. The highest BCUT2D eigenvalue weighted by molar-refractivity contribution is 6.09. The van der Waals surface area contributed by atoms with E-state index in [1.165, 1.54) is 6.92 Å². The third kappa shape index (κ3) is 4.00. The van der Waals surface area contributed by atoms with Gasteiger partial charge < -0.3 is 21.1 Å². The minimum Gasteiger partial charge on any atom is -0.478 e. The number of benzene rings is 2. The van der Waals surface area contributed by atoms with Crippen molar-refractivity contribution in [3.63, 3.8) is 0 Å². The van der Waals surface area contributed by atoms with Crippen LogP contribution in [0.15, 0.2) is 48.7 Å². The second-order valence-electron chi connectivity index (χ2n) is 7.76. The van der Waals surface area contributed by atoms with E-state index in [4.69, 9.17) is 4.98 Å². The highest BCUT2D eigenvalue weighted by Crippen LogP contribution is 2.33. The number of carboxylic acid groups (broad SMARTS) is 1. The lowest BCUT2D eigenvalue weighted by Gasteiger charge is -2.13. The van der Waals surface area contributed by atoms with Gasteiger partial charge in [0.1, 0.15) is 5.52 Å². The highest BCUT2D eigenvalue weighted by Gasteiger charge is 2.23. The van der Waals surface area contributed by atoms with Crippen LogP contribution in [-0.4, -0.2) is 38.0 Å². The molecule has 5 rings (SSSR count). The first-order valence-electron chi connectivity index (χ1n) is 10.2. The van der Waals surface area contributed by atoms with Crippen LogP contribution < -0.4 is 16.0 Å². The van der Waals surface area contributed by atoms with Crippen molar-refractivity contribution in [3.8, 4) is 0 Å². The molecule has 0 bridgehead atoms. The normalized spacial score (nSPS) is 13.2. The summed E-state index contributed by atoms with van der Waals surface area (Å²) in [5.41, 5.74) is 2.81. The molecule has 9 nitrogen and oxygen atoms in total. The summed E-state index contributed by atoms with van der Waals surface area (Å²) in [6.45, 7) is 1.46. The van der Waals surface area contributed by atoms with Crippen molar-refractivity contribution in [1.29, 1.82) is 0 Å². The first-order valence-corrected chi connectivity index (χ1v) is 10.2. The molecule has 4 aromatic rings. The molecule has 2 aromatic carbocycles. The predicted molar refractivity (Wildman–Crippen MR) is 122 cm³/mol. The Labute approximate surface area is 182 Å². The maximum atomic E-state index is 11.4. The second kappa shape index (κ2) is 7.77. The molecular formula is C23H20N6O3. The molecule has 2 heterocycles. The Balaban J connectivity index is 1.57. The third-order valence-electron chi connectivity index (χ3n) is 5.14. The Morgan fingerprint density at radius 2 is 1.84 bits per heavy atom. The quantitative estimate of drug-likeness (QED) is 0.337. The molecule has 160 valence electrons. The van der Waals surface area contributed by atoms with Crippen molar-refractivity contribution in [3.05, 3.63) is 54.2 Å². The zero-order valence-corrected chi connectivity index (χ0v) is 17.2. The van der Waals surface area contributed by atoms with Gasteiger partial charge in [0.25, 0.3) is 0 Å². The Morgan fingerprint density at radius 1 is 1.03 bits per heavy atom. The first kappa shape index (κ1) is 19.7. The number of nitrogens with zero attached hydrogens (tertiary/aromatic N) is 3. The van der Waals surface area contributed by atoms with Gasteiger partial charge in [0.15, 0.2) is 5.82 Å². The van der Waals surface area contributed by atoms with Crippen molar-refractivity contribution in [1.82, 2.24) is 15.0 Å². The van der Waals surface area contributed by atoms with Gasteiger partial charge >= 0.3 is 5.97 Å². The molecule has 0 atom stereocenters. The summed E-state index contributed by atoms with van der Waals surface area (Å²) < 4.78 is 0. The first-order chi connectivity index (χ1) is 15.5. The van der Waals surface area contributed by atoms with Crippen LogP contribution in [-0.2, 0) is 4.79 Å². The topological polar surface area (TPSA) is 129 Å². The summed E-state index contributed by atoms with van der Waals surface area (Å²) >= 11 is 0. The largest absolute Gasteiger partial charge is 0.478 e. The van der Waals surface area contributed by atoms with Gasteiger partial charge in [0.2, 0.25) is 11.9 Å². The maximum Gasteiger partial charge on any atom is 0.335 e. The summed E-state index contributed by atoms with van der Waals surface area (Å²) in [5, 5.41) is 20.2. The number of carboxylic acids is 1. The molecule has 0 saturated heterocycles. The monoisotopic (exact) mass is 428 g/mol. The molecule has 1 aliphatic carbocycles. The Morgan fingerprint density at radius 3 is 2.59 bits per heavy atom. The highest BCUT2D eigenvalue weighted by atomic mass is 16.4. The zero-order valence-electron chi connectivity index (χ0n) is 17.2. The summed E-state index contributed by atoms with van der Waals surface area (Å²) in [6.07, 6.45) is 3.83. The molecule has 0 aliphatic heterocycles. The minimum atomic E-state index is -0.997. The van der Waals surface area contributed by atoms with Crippen LogP contribution >= 0.6 is 0 Å². The zero-order chi connectivity index (χ0) is 22.2. The van der Waals surface area contributed by atoms with Gasteiger partial charge in [0.05, 0.1) is 11.1 Å². The SMILES string of the molecule is CC(=O)Nc1cccc(Nc2ncc3c(n2)c(NC2CC2)nc2cc(C(=O)O)ccc23)c1. The second-order valence-corrected chi connectivity index (χ2v) is 7.76. The number of nitrogens with one attached hydrogen (secondary N) is 3. The van der Waals surface area contributed by atoms with Crippen molar-refractivity contribution >= 4 is 56.8 Å². The molecule has 32 heavy (non-hydrogen) atoms. The number of carbonyl (C=O) groups excluding carboxylic acids is 1. The van der Waals surface area contributed by atoms with Gasteiger partial charge in [0, 0.05) is 41.3 Å². The average molecular weight is 428 g/mol. The number of anilines is 4. The van der Waals surface area contributed by atoms with E-state index in [0.717, 1.165) is 29.3 Å². The van der Waals surface area contributed by atoms with E-state index >= 15 is 0 Å². The number of rotatable bonds is 6. The fourth-order valence-corrected chi connectivity index (χ4v) is 3.51. The fraction of sp³-hybridized carbons (Fsp3) is 0.174. The predicted octanol–water partition coefficient (Wildman–Crippen LogP) is 4.15. The van der Waals surface area contributed by atoms with Gasteiger partial charge in [-0.3, -0.25) is 4.79 Å². The van der Waals surface area contributed by atoms with Crippen LogP contribution in [0.1, 0.15) is 30.1 Å². The summed E-state index contributed by atoms with van der Waals surface area (Å²) in [7, 11) is 0. The van der Waals surface area contributed by atoms with E-state index in [2.05, 4.69) is 25.9 Å². The lowest BCUT2D eigenvalue weighted by atomic mass is 10.1. The van der Waals surface area contributed by atoms with Gasteiger partial charge in [-0.25, -0.2) is 19.7 Å². The summed E-state index contributed by atoms with van der Waals surface area (Å²) in [5.74, 6) is -0.152. The average Bonchev–Trinajstić information content (AvgIpc) is 3.57. The number of carbonyl (C=O) groups is 2. The minimum absolute atomic E-state index is 0.149. The van der Waals surface area contributed by atoms with E-state index in [-0.39, 0.29) is 11.5 Å². The van der Waals surface area contributed by atoms with Gasteiger partial charge in [-0.05, 0) is 43.2 Å². The number of aromatic nitrogens is 3. The number of hydrogen-bond acceptors (Lipinski definition) is 7. The lowest BCUT2D eigenvalue weighted by molar-refractivity contribution is -0.114. The number of fused-ring (bicyclic) bond motifs is 3. The van der Waals surface area contributed by atoms with E-state index in [0.29, 0.717) is 34.5 Å². The number of hydrogen-bond donors (Lipinski definition) is 4. The van der Waals surface area contributed by atoms with Crippen LogP contribution in [0.5, 0.6) is 0 Å². The molecular weight excluding hydrogens is 408 g/mol. The van der Waals surface area contributed by atoms with E-state index in [9.17, 15) is 14.7 Å².